The molecule has 12 heteroatoms. The molecule has 1 saturated carbocycles. The second kappa shape index (κ2) is 13.2. The number of amides is 1. The molecule has 3 atom stereocenters. The Labute approximate surface area is 266 Å². The number of likely N-dealkylation sites (tertiary alicyclic amines) is 1. The number of likely N-dealkylation sites (N-methyl/N-ethyl adjacent to an activating group) is 1. The second-order valence-corrected chi connectivity index (χ2v) is 12.3. The molecule has 2 aromatic heterocycles. The van der Waals surface area contributed by atoms with Crippen LogP contribution in [-0.4, -0.2) is 72.3 Å². The van der Waals surface area contributed by atoms with Crippen molar-refractivity contribution in [1.29, 1.82) is 5.26 Å². The highest BCUT2D eigenvalue weighted by Gasteiger charge is 2.42. The molecule has 6 rings (SSSR count). The number of pyridine rings is 2. The van der Waals surface area contributed by atoms with Crippen LogP contribution in [0.2, 0.25) is 0 Å². The topological polar surface area (TPSA) is 104 Å². The van der Waals surface area contributed by atoms with E-state index in [1.165, 1.54) is 6.07 Å². The molecule has 3 aromatic rings. The summed E-state index contributed by atoms with van der Waals surface area (Å²) >= 11 is 0. The summed E-state index contributed by atoms with van der Waals surface area (Å²) in [6, 6.07) is 12.5. The first-order chi connectivity index (χ1) is 22.1. The van der Waals surface area contributed by atoms with Gasteiger partial charge in [-0.2, -0.15) is 18.4 Å². The van der Waals surface area contributed by atoms with E-state index in [9.17, 15) is 23.2 Å². The van der Waals surface area contributed by atoms with Crippen LogP contribution >= 0.6 is 0 Å². The largest absolute Gasteiger partial charge is 0.489 e. The van der Waals surface area contributed by atoms with Crippen molar-refractivity contribution in [1.82, 2.24) is 20.2 Å². The van der Waals surface area contributed by atoms with E-state index in [4.69, 9.17) is 14.5 Å². The van der Waals surface area contributed by atoms with Gasteiger partial charge in [-0.15, -0.1) is 0 Å². The molecule has 0 spiro atoms. The Morgan fingerprint density at radius 2 is 1.96 bits per heavy atom. The van der Waals surface area contributed by atoms with E-state index in [0.29, 0.717) is 54.7 Å². The van der Waals surface area contributed by atoms with Gasteiger partial charge in [-0.3, -0.25) is 4.79 Å². The fourth-order valence-electron chi connectivity index (χ4n) is 6.52. The van der Waals surface area contributed by atoms with Crippen molar-refractivity contribution in [3.8, 4) is 29.0 Å². The Hall–Kier alpha value is -4.37. The predicted molar refractivity (Wildman–Crippen MR) is 166 cm³/mol. The van der Waals surface area contributed by atoms with Crippen molar-refractivity contribution < 1.29 is 27.4 Å². The van der Waals surface area contributed by atoms with E-state index in [0.717, 1.165) is 50.2 Å². The van der Waals surface area contributed by atoms with E-state index < -0.39 is 11.7 Å². The number of hydrogen-bond donors (Lipinski definition) is 1. The number of carbonyl (C=O) groups is 1. The summed E-state index contributed by atoms with van der Waals surface area (Å²) in [4.78, 5) is 27.7. The van der Waals surface area contributed by atoms with Crippen LogP contribution < -0.4 is 19.7 Å². The standard InChI is InChI=1S/C34H37F3N6O3/c1-3-45-33-26(5-4-14-39-33)27-9-10-28(31(41-27)32(44)40-24-12-15-42(2)20-24)43-16-13-25(18-29(43)21-6-7-21)46-30-11-8-23(34(35,36)37)17-22(30)19-38/h4-5,8-11,14,17,21,24-25,29H,3,6-7,12-13,15-16,18,20H2,1-2H3,(H,40,44)/t24-,25+,29-/m1/s1. The molecule has 2 saturated heterocycles. The number of anilines is 1. The van der Waals surface area contributed by atoms with Gasteiger partial charge in [0.1, 0.15) is 17.9 Å². The lowest BCUT2D eigenvalue weighted by Crippen LogP contribution is -2.48. The number of carbonyl (C=O) groups excluding carboxylic acids is 1. The molecular formula is C34H37F3N6O3. The quantitative estimate of drug-likeness (QED) is 0.320. The highest BCUT2D eigenvalue weighted by molar-refractivity contribution is 5.99. The van der Waals surface area contributed by atoms with Gasteiger partial charge >= 0.3 is 6.18 Å². The number of rotatable bonds is 9. The van der Waals surface area contributed by atoms with E-state index in [-0.39, 0.29) is 35.4 Å². The number of halogens is 3. The number of benzene rings is 1. The van der Waals surface area contributed by atoms with Crippen LogP contribution in [0.25, 0.3) is 11.3 Å². The highest BCUT2D eigenvalue weighted by atomic mass is 19.4. The van der Waals surface area contributed by atoms with Crippen LogP contribution in [0.3, 0.4) is 0 Å². The lowest BCUT2D eigenvalue weighted by Gasteiger charge is -2.42. The molecule has 0 bridgehead atoms. The zero-order valence-corrected chi connectivity index (χ0v) is 25.9. The molecular weight excluding hydrogens is 597 g/mol. The third-order valence-corrected chi connectivity index (χ3v) is 8.94. The van der Waals surface area contributed by atoms with Crippen LogP contribution in [0.5, 0.6) is 11.6 Å². The van der Waals surface area contributed by atoms with Crippen LogP contribution in [0, 0.1) is 17.2 Å². The number of aromatic nitrogens is 2. The average Bonchev–Trinajstić information content (AvgIpc) is 3.82. The molecule has 1 N–H and O–H groups in total. The van der Waals surface area contributed by atoms with Gasteiger partial charge in [-0.05, 0) is 88.2 Å². The van der Waals surface area contributed by atoms with Crippen LogP contribution in [0.1, 0.15) is 60.6 Å². The van der Waals surface area contributed by atoms with Gasteiger partial charge in [-0.25, -0.2) is 9.97 Å². The number of alkyl halides is 3. The monoisotopic (exact) mass is 634 g/mol. The molecule has 1 aliphatic carbocycles. The zero-order valence-electron chi connectivity index (χ0n) is 25.9. The van der Waals surface area contributed by atoms with Gasteiger partial charge in [0.2, 0.25) is 5.88 Å². The van der Waals surface area contributed by atoms with E-state index in [1.807, 2.05) is 44.3 Å². The van der Waals surface area contributed by atoms with E-state index in [2.05, 4.69) is 20.1 Å². The molecule has 0 radical (unpaired) electrons. The molecule has 4 heterocycles. The Bertz CT molecular complexity index is 1620. The molecule has 0 unspecified atom stereocenters. The van der Waals surface area contributed by atoms with Crippen LogP contribution in [-0.2, 0) is 6.18 Å². The molecule has 2 aliphatic heterocycles. The molecule has 46 heavy (non-hydrogen) atoms. The number of nitrogens with zero attached hydrogens (tertiary/aromatic N) is 5. The smallest absolute Gasteiger partial charge is 0.416 e. The molecule has 3 fully saturated rings. The summed E-state index contributed by atoms with van der Waals surface area (Å²) < 4.78 is 51.7. The fourth-order valence-corrected chi connectivity index (χ4v) is 6.52. The Balaban J connectivity index is 1.29. The van der Waals surface area contributed by atoms with Crippen LogP contribution in [0.4, 0.5) is 18.9 Å². The number of hydrogen-bond acceptors (Lipinski definition) is 8. The summed E-state index contributed by atoms with van der Waals surface area (Å²) in [6.45, 7) is 4.55. The van der Waals surface area contributed by atoms with Gasteiger partial charge in [0.05, 0.1) is 34.7 Å². The van der Waals surface area contributed by atoms with E-state index in [1.54, 1.807) is 6.20 Å². The average molecular weight is 635 g/mol. The lowest BCUT2D eigenvalue weighted by molar-refractivity contribution is -0.137. The molecule has 1 amide bonds. The molecule has 242 valence electrons. The third kappa shape index (κ3) is 6.89. The van der Waals surface area contributed by atoms with Crippen molar-refractivity contribution in [2.75, 3.05) is 38.2 Å². The third-order valence-electron chi connectivity index (χ3n) is 8.94. The zero-order chi connectivity index (χ0) is 32.4. The van der Waals surface area contributed by atoms with Crippen molar-refractivity contribution in [3.05, 3.63) is 65.5 Å². The maximum absolute atomic E-state index is 13.9. The molecule has 3 aliphatic rings. The summed E-state index contributed by atoms with van der Waals surface area (Å²) in [5, 5.41) is 12.8. The predicted octanol–water partition coefficient (Wildman–Crippen LogP) is 5.69. The molecule has 1 aromatic carbocycles. The Morgan fingerprint density at radius 1 is 1.13 bits per heavy atom. The lowest BCUT2D eigenvalue weighted by atomic mass is 9.94. The fraction of sp³-hybridized carbons (Fsp3) is 0.471. The van der Waals surface area contributed by atoms with Gasteiger partial charge < -0.3 is 24.6 Å². The Kier molecular flexibility index (Phi) is 9.04. The normalized spacial score (nSPS) is 21.9. The number of nitriles is 1. The van der Waals surface area contributed by atoms with Crippen molar-refractivity contribution in [2.45, 2.75) is 63.4 Å². The summed E-state index contributed by atoms with van der Waals surface area (Å²) in [5.41, 5.74) is 1.32. The number of piperidine rings is 1. The summed E-state index contributed by atoms with van der Waals surface area (Å²) in [7, 11) is 2.03. The summed E-state index contributed by atoms with van der Waals surface area (Å²) in [5.74, 6) is 0.743. The maximum Gasteiger partial charge on any atom is 0.416 e. The van der Waals surface area contributed by atoms with Gasteiger partial charge in [0, 0.05) is 44.2 Å². The van der Waals surface area contributed by atoms with Crippen LogP contribution in [0.15, 0.2) is 48.7 Å². The SMILES string of the molecule is CCOc1ncccc1-c1ccc(N2CC[C@H](Oc3ccc(C(F)(F)F)cc3C#N)C[C@@H]2C2CC2)c(C(=O)N[C@@H]2CCN(C)C2)n1. The minimum Gasteiger partial charge on any atom is -0.489 e. The van der Waals surface area contributed by atoms with Gasteiger partial charge in [0.15, 0.2) is 5.69 Å². The van der Waals surface area contributed by atoms with Crippen molar-refractivity contribution in [3.63, 3.8) is 0 Å². The minimum atomic E-state index is -4.55. The first-order valence-electron chi connectivity index (χ1n) is 15.8. The van der Waals surface area contributed by atoms with Gasteiger partial charge in [0.25, 0.3) is 5.91 Å². The minimum absolute atomic E-state index is 0.0182. The number of nitrogens with one attached hydrogen (secondary N) is 1. The van der Waals surface area contributed by atoms with Crippen molar-refractivity contribution in [2.24, 2.45) is 5.92 Å². The maximum atomic E-state index is 13.9. The second-order valence-electron chi connectivity index (χ2n) is 12.3. The highest BCUT2D eigenvalue weighted by Crippen LogP contribution is 2.43. The summed E-state index contributed by atoms with van der Waals surface area (Å²) in [6.07, 6.45) is 0.898. The van der Waals surface area contributed by atoms with Gasteiger partial charge in [-0.1, -0.05) is 0 Å². The van der Waals surface area contributed by atoms with E-state index >= 15 is 0 Å². The number of ether oxygens (including phenoxy) is 2. The first kappa shape index (κ1) is 31.6. The molecule has 9 nitrogen and oxygen atoms in total. The first-order valence-corrected chi connectivity index (χ1v) is 15.8. The Morgan fingerprint density at radius 3 is 2.65 bits per heavy atom. The van der Waals surface area contributed by atoms with Crippen molar-refractivity contribution >= 4 is 11.6 Å².